The molecule has 2 aromatic rings. The summed E-state index contributed by atoms with van der Waals surface area (Å²) in [7, 11) is 2.00. The fourth-order valence-electron chi connectivity index (χ4n) is 2.94. The molecule has 0 saturated heterocycles. The Labute approximate surface area is 118 Å². The molecule has 0 saturated carbocycles. The smallest absolute Gasteiger partial charge is 0.135 e. The van der Waals surface area contributed by atoms with Crippen molar-refractivity contribution in [3.8, 4) is 0 Å². The summed E-state index contributed by atoms with van der Waals surface area (Å²) in [4.78, 5) is 2.36. The number of anilines is 2. The van der Waals surface area contributed by atoms with Crippen LogP contribution < -0.4 is 4.90 Å². The van der Waals surface area contributed by atoms with Crippen LogP contribution in [0.4, 0.5) is 11.5 Å². The number of halogens is 1. The molecule has 0 amide bonds. The number of benzene rings is 1. The normalized spacial score (nSPS) is 14.6. The molecule has 3 nitrogen and oxygen atoms in total. The second-order valence-corrected chi connectivity index (χ2v) is 5.30. The number of hydrogen-bond donors (Lipinski definition) is 0. The van der Waals surface area contributed by atoms with Gasteiger partial charge in [0.2, 0.25) is 0 Å². The van der Waals surface area contributed by atoms with Gasteiger partial charge in [0.15, 0.2) is 0 Å². The van der Waals surface area contributed by atoms with Gasteiger partial charge in [-0.2, -0.15) is 5.10 Å². The zero-order chi connectivity index (χ0) is 13.4. The van der Waals surface area contributed by atoms with E-state index in [0.717, 1.165) is 30.0 Å². The summed E-state index contributed by atoms with van der Waals surface area (Å²) >= 11 is 6.12. The first-order chi connectivity index (χ1) is 9.22. The molecule has 3 rings (SSSR count). The molecular formula is C15H18ClN3. The van der Waals surface area contributed by atoms with Gasteiger partial charge in [-0.1, -0.05) is 18.2 Å². The summed E-state index contributed by atoms with van der Waals surface area (Å²) < 4.78 is 1.95. The van der Waals surface area contributed by atoms with Crippen molar-refractivity contribution in [3.63, 3.8) is 0 Å². The average molecular weight is 276 g/mol. The van der Waals surface area contributed by atoms with E-state index in [4.69, 9.17) is 11.6 Å². The molecule has 0 N–H and O–H groups in total. The highest BCUT2D eigenvalue weighted by molar-refractivity contribution is 6.17. The van der Waals surface area contributed by atoms with Gasteiger partial charge in [0.1, 0.15) is 5.82 Å². The van der Waals surface area contributed by atoms with Gasteiger partial charge in [-0.15, -0.1) is 11.6 Å². The van der Waals surface area contributed by atoms with Crippen molar-refractivity contribution in [3.05, 3.63) is 41.1 Å². The van der Waals surface area contributed by atoms with Crippen molar-refractivity contribution in [2.45, 2.75) is 25.6 Å². The number of hydrogen-bond acceptors (Lipinski definition) is 2. The van der Waals surface area contributed by atoms with E-state index >= 15 is 0 Å². The zero-order valence-corrected chi connectivity index (χ0v) is 12.1. The summed E-state index contributed by atoms with van der Waals surface area (Å²) in [6.45, 7) is 3.05. The predicted molar refractivity (Wildman–Crippen MR) is 79.3 cm³/mol. The molecular weight excluding hydrogens is 258 g/mol. The molecule has 1 aromatic carbocycles. The Bertz CT molecular complexity index is 603. The van der Waals surface area contributed by atoms with Crippen molar-refractivity contribution in [1.29, 1.82) is 0 Å². The topological polar surface area (TPSA) is 21.1 Å². The van der Waals surface area contributed by atoms with Crippen LogP contribution in [0.2, 0.25) is 0 Å². The van der Waals surface area contributed by atoms with E-state index < -0.39 is 0 Å². The molecule has 0 fully saturated rings. The number of rotatable bonds is 2. The molecule has 0 atom stereocenters. The third-order valence-corrected chi connectivity index (χ3v) is 4.08. The second kappa shape index (κ2) is 4.89. The first-order valence-corrected chi connectivity index (χ1v) is 7.19. The zero-order valence-electron chi connectivity index (χ0n) is 11.4. The number of aromatic nitrogens is 2. The molecule has 2 heterocycles. The Kier molecular flexibility index (Phi) is 3.23. The molecule has 1 aliphatic rings. The van der Waals surface area contributed by atoms with Gasteiger partial charge in [0.25, 0.3) is 0 Å². The van der Waals surface area contributed by atoms with Crippen LogP contribution in [0.1, 0.15) is 23.2 Å². The highest BCUT2D eigenvalue weighted by atomic mass is 35.5. The van der Waals surface area contributed by atoms with E-state index in [0.29, 0.717) is 5.88 Å². The van der Waals surface area contributed by atoms with Crippen LogP contribution in [0.5, 0.6) is 0 Å². The minimum Gasteiger partial charge on any atom is -0.326 e. The lowest BCUT2D eigenvalue weighted by Crippen LogP contribution is -2.27. The second-order valence-electron chi connectivity index (χ2n) is 5.03. The van der Waals surface area contributed by atoms with Crippen LogP contribution in [-0.4, -0.2) is 16.3 Å². The fourth-order valence-corrected chi connectivity index (χ4v) is 3.25. The predicted octanol–water partition coefficient (Wildman–Crippen LogP) is 3.55. The van der Waals surface area contributed by atoms with Crippen LogP contribution in [0.3, 0.4) is 0 Å². The molecule has 0 aliphatic carbocycles. The summed E-state index contributed by atoms with van der Waals surface area (Å²) in [5, 5.41) is 4.52. The number of alkyl halides is 1. The standard InChI is InChI=1S/C15H18ClN3/c1-11-13(10-16)15(18(2)17-11)19-9-5-7-12-6-3-4-8-14(12)19/h3-4,6,8H,5,7,9-10H2,1-2H3. The van der Waals surface area contributed by atoms with Crippen LogP contribution in [0.25, 0.3) is 0 Å². The van der Waals surface area contributed by atoms with Crippen LogP contribution >= 0.6 is 11.6 Å². The van der Waals surface area contributed by atoms with Crippen LogP contribution in [0, 0.1) is 6.92 Å². The SMILES string of the molecule is Cc1nn(C)c(N2CCCc3ccccc32)c1CCl. The molecule has 100 valence electrons. The van der Waals surface area contributed by atoms with E-state index in [1.165, 1.54) is 17.7 Å². The molecule has 1 aromatic heterocycles. The number of para-hydroxylation sites is 1. The maximum absolute atomic E-state index is 6.12. The van der Waals surface area contributed by atoms with Crippen LogP contribution in [-0.2, 0) is 19.3 Å². The minimum atomic E-state index is 0.508. The number of fused-ring (bicyclic) bond motifs is 1. The van der Waals surface area contributed by atoms with Gasteiger partial charge in [-0.05, 0) is 31.4 Å². The Morgan fingerprint density at radius 1 is 1.32 bits per heavy atom. The molecule has 0 bridgehead atoms. The van der Waals surface area contributed by atoms with Crippen LogP contribution in [0.15, 0.2) is 24.3 Å². The summed E-state index contributed by atoms with van der Waals surface area (Å²) in [6, 6.07) is 8.61. The average Bonchev–Trinajstić information content (AvgIpc) is 2.72. The fraction of sp³-hybridized carbons (Fsp3) is 0.400. The lowest BCUT2D eigenvalue weighted by molar-refractivity contribution is 0.703. The highest BCUT2D eigenvalue weighted by Gasteiger charge is 2.24. The largest absolute Gasteiger partial charge is 0.326 e. The molecule has 19 heavy (non-hydrogen) atoms. The van der Waals surface area contributed by atoms with E-state index in [1.54, 1.807) is 0 Å². The van der Waals surface area contributed by atoms with Crippen molar-refractivity contribution in [1.82, 2.24) is 9.78 Å². The van der Waals surface area contributed by atoms with Crippen molar-refractivity contribution < 1.29 is 0 Å². The Morgan fingerprint density at radius 2 is 2.11 bits per heavy atom. The Balaban J connectivity index is 2.14. The maximum atomic E-state index is 6.12. The Hall–Kier alpha value is -1.48. The first kappa shape index (κ1) is 12.5. The summed E-state index contributed by atoms with van der Waals surface area (Å²) in [5.41, 5.74) is 4.87. The van der Waals surface area contributed by atoms with E-state index in [2.05, 4.69) is 34.3 Å². The monoisotopic (exact) mass is 275 g/mol. The third-order valence-electron chi connectivity index (χ3n) is 3.81. The Morgan fingerprint density at radius 3 is 2.89 bits per heavy atom. The minimum absolute atomic E-state index is 0.508. The van der Waals surface area contributed by atoms with Crippen molar-refractivity contribution in [2.24, 2.45) is 7.05 Å². The lowest BCUT2D eigenvalue weighted by Gasteiger charge is -2.31. The quantitative estimate of drug-likeness (QED) is 0.782. The van der Waals surface area contributed by atoms with Gasteiger partial charge >= 0.3 is 0 Å². The number of aryl methyl sites for hydroxylation is 3. The maximum Gasteiger partial charge on any atom is 0.135 e. The summed E-state index contributed by atoms with van der Waals surface area (Å²) in [5.74, 6) is 1.65. The molecule has 1 aliphatic heterocycles. The van der Waals surface area contributed by atoms with Gasteiger partial charge in [0, 0.05) is 24.8 Å². The van der Waals surface area contributed by atoms with Gasteiger partial charge in [-0.25, -0.2) is 0 Å². The number of nitrogens with zero attached hydrogens (tertiary/aromatic N) is 3. The molecule has 0 radical (unpaired) electrons. The lowest BCUT2D eigenvalue weighted by atomic mass is 10.0. The van der Waals surface area contributed by atoms with Gasteiger partial charge in [-0.3, -0.25) is 4.68 Å². The molecule has 0 unspecified atom stereocenters. The van der Waals surface area contributed by atoms with E-state index in [1.807, 2.05) is 18.7 Å². The first-order valence-electron chi connectivity index (χ1n) is 6.66. The van der Waals surface area contributed by atoms with E-state index in [9.17, 15) is 0 Å². The van der Waals surface area contributed by atoms with Gasteiger partial charge < -0.3 is 4.90 Å². The summed E-state index contributed by atoms with van der Waals surface area (Å²) in [6.07, 6.45) is 2.32. The van der Waals surface area contributed by atoms with Crippen molar-refractivity contribution in [2.75, 3.05) is 11.4 Å². The molecule has 4 heteroatoms. The molecule has 0 spiro atoms. The van der Waals surface area contributed by atoms with E-state index in [-0.39, 0.29) is 0 Å². The highest BCUT2D eigenvalue weighted by Crippen LogP contribution is 2.36. The third kappa shape index (κ3) is 2.02. The van der Waals surface area contributed by atoms with Crippen molar-refractivity contribution >= 4 is 23.1 Å². The van der Waals surface area contributed by atoms with Gasteiger partial charge in [0.05, 0.1) is 11.6 Å².